The molecule has 0 amide bonds. The van der Waals surface area contributed by atoms with E-state index in [1.54, 1.807) is 19.1 Å². The van der Waals surface area contributed by atoms with Gasteiger partial charge in [0.15, 0.2) is 0 Å². The number of halogens is 1. The molecule has 15 heavy (non-hydrogen) atoms. The first-order valence-corrected chi connectivity index (χ1v) is 4.92. The van der Waals surface area contributed by atoms with E-state index >= 15 is 0 Å². The third-order valence-electron chi connectivity index (χ3n) is 2.03. The second kappa shape index (κ2) is 3.62. The van der Waals surface area contributed by atoms with Crippen LogP contribution in [0.3, 0.4) is 0 Å². The molecule has 2 aromatic rings. The maximum Gasteiger partial charge on any atom is 0.365 e. The molecule has 0 bridgehead atoms. The fourth-order valence-electron chi connectivity index (χ4n) is 1.18. The topological polar surface area (TPSA) is 63.6 Å². The third kappa shape index (κ3) is 1.61. The van der Waals surface area contributed by atoms with Gasteiger partial charge in [0.1, 0.15) is 0 Å². The van der Waals surface area contributed by atoms with Crippen LogP contribution in [-0.2, 0) is 0 Å². The zero-order chi connectivity index (χ0) is 13.5. The van der Waals surface area contributed by atoms with Crippen LogP contribution in [0, 0.1) is 13.8 Å². The van der Waals surface area contributed by atoms with E-state index in [9.17, 15) is 4.79 Å². The first-order valence-electron chi connectivity index (χ1n) is 5.62. The molecule has 0 spiro atoms. The predicted octanol–water partition coefficient (Wildman–Crippen LogP) is 1.33. The molecular formula is C9H9BrN4O. The van der Waals surface area contributed by atoms with E-state index in [2.05, 4.69) is 31.5 Å². The maximum atomic E-state index is 11.4. The highest BCUT2D eigenvalue weighted by Gasteiger charge is 2.10. The molecule has 1 heterocycles. The number of rotatable bonds is 1. The van der Waals surface area contributed by atoms with Crippen molar-refractivity contribution < 1.29 is 4.11 Å². The molecule has 0 aliphatic carbocycles. The monoisotopic (exact) mass is 271 g/mol. The van der Waals surface area contributed by atoms with E-state index in [0.717, 1.165) is 4.68 Å². The Kier molecular flexibility index (Phi) is 1.67. The van der Waals surface area contributed by atoms with Crippen LogP contribution in [-0.4, -0.2) is 20.2 Å². The first kappa shape index (κ1) is 6.95. The minimum absolute atomic E-state index is 0.162. The summed E-state index contributed by atoms with van der Waals surface area (Å²) in [5.74, 6) is 0. The highest BCUT2D eigenvalue weighted by Crippen LogP contribution is 2.25. The zero-order valence-corrected chi connectivity index (χ0v) is 9.37. The average molecular weight is 272 g/mol. The van der Waals surface area contributed by atoms with Crippen LogP contribution in [0.25, 0.3) is 5.69 Å². The molecule has 0 aliphatic rings. The van der Waals surface area contributed by atoms with Crippen molar-refractivity contribution >= 4 is 15.9 Å². The predicted molar refractivity (Wildman–Crippen MR) is 59.2 cm³/mol. The summed E-state index contributed by atoms with van der Waals surface area (Å²) in [5, 5.41) is 9.10. The fraction of sp³-hybridized carbons (Fsp3) is 0.222. The lowest BCUT2D eigenvalue weighted by molar-refractivity contribution is 0.776. The lowest BCUT2D eigenvalue weighted by Gasteiger charge is -2.07. The molecule has 0 aliphatic heterocycles. The van der Waals surface area contributed by atoms with Gasteiger partial charge in [-0.15, -0.1) is 0 Å². The number of benzene rings is 1. The summed E-state index contributed by atoms with van der Waals surface area (Å²) in [5.41, 5.74) is 0.582. The second-order valence-electron chi connectivity index (χ2n) is 3.01. The van der Waals surface area contributed by atoms with Crippen molar-refractivity contribution in [2.24, 2.45) is 0 Å². The lowest BCUT2D eigenvalue weighted by atomic mass is 10.1. The van der Waals surface area contributed by atoms with E-state index in [-0.39, 0.29) is 5.56 Å². The highest BCUT2D eigenvalue weighted by atomic mass is 79.9. The molecule has 78 valence electrons. The van der Waals surface area contributed by atoms with Crippen molar-refractivity contribution in [2.75, 3.05) is 0 Å². The Hall–Kier alpha value is -1.43. The molecular weight excluding hydrogens is 260 g/mol. The number of nitrogens with zero attached hydrogens (tertiary/aromatic N) is 3. The van der Waals surface area contributed by atoms with Gasteiger partial charge < -0.3 is 0 Å². The fourth-order valence-corrected chi connectivity index (χ4v) is 1.79. The Bertz CT molecular complexity index is 646. The molecule has 5 nitrogen and oxygen atoms in total. The number of tetrazole rings is 1. The molecule has 1 N–H and O–H groups in total. The highest BCUT2D eigenvalue weighted by molar-refractivity contribution is 9.10. The Morgan fingerprint density at radius 2 is 2.40 bits per heavy atom. The third-order valence-corrected chi connectivity index (χ3v) is 2.83. The Labute approximate surface area is 98.4 Å². The standard InChI is InChI=1S/C9H9BrN4O/c1-5-3-4-7(8(10)6(5)2)14-9(15)11-12-13-14/h3-4H,1-2H3,(H,11,13,15)/i2D3. The van der Waals surface area contributed by atoms with Crippen molar-refractivity contribution in [3.63, 3.8) is 0 Å². The smallest absolute Gasteiger partial charge is 0.244 e. The van der Waals surface area contributed by atoms with E-state index in [0.29, 0.717) is 15.7 Å². The van der Waals surface area contributed by atoms with Crippen LogP contribution in [0.2, 0.25) is 0 Å². The van der Waals surface area contributed by atoms with Crippen LogP contribution in [0.1, 0.15) is 15.2 Å². The number of hydrogen-bond donors (Lipinski definition) is 1. The van der Waals surface area contributed by atoms with Crippen LogP contribution in [0.4, 0.5) is 0 Å². The molecule has 0 saturated heterocycles. The van der Waals surface area contributed by atoms with Gasteiger partial charge in [0.25, 0.3) is 0 Å². The second-order valence-corrected chi connectivity index (χ2v) is 3.80. The summed E-state index contributed by atoms with van der Waals surface area (Å²) in [4.78, 5) is 11.4. The Morgan fingerprint density at radius 3 is 3.00 bits per heavy atom. The maximum absolute atomic E-state index is 11.4. The molecule has 0 radical (unpaired) electrons. The summed E-state index contributed by atoms with van der Waals surface area (Å²) < 4.78 is 23.8. The van der Waals surface area contributed by atoms with Gasteiger partial charge in [-0.2, -0.15) is 4.68 Å². The van der Waals surface area contributed by atoms with Crippen molar-refractivity contribution in [3.8, 4) is 5.69 Å². The minimum Gasteiger partial charge on any atom is -0.244 e. The van der Waals surface area contributed by atoms with Crippen LogP contribution >= 0.6 is 15.9 Å². The number of H-pyrrole nitrogens is 1. The zero-order valence-electron chi connectivity index (χ0n) is 10.8. The van der Waals surface area contributed by atoms with Crippen molar-refractivity contribution in [1.29, 1.82) is 0 Å². The van der Waals surface area contributed by atoms with Gasteiger partial charge in [-0.25, -0.2) is 9.89 Å². The molecule has 1 aromatic carbocycles. The van der Waals surface area contributed by atoms with E-state index < -0.39 is 12.5 Å². The molecule has 0 atom stereocenters. The number of aryl methyl sites for hydroxylation is 1. The van der Waals surface area contributed by atoms with Crippen LogP contribution in [0.5, 0.6) is 0 Å². The quantitative estimate of drug-likeness (QED) is 0.851. The Morgan fingerprint density at radius 1 is 1.60 bits per heavy atom. The van der Waals surface area contributed by atoms with Gasteiger partial charge in [0.05, 0.1) is 5.69 Å². The average Bonchev–Trinajstić information content (AvgIpc) is 2.62. The molecule has 0 unspecified atom stereocenters. The SMILES string of the molecule is [2H]C([2H])([2H])c1c(C)ccc(-n2nn[nH]c2=O)c1Br. The lowest BCUT2D eigenvalue weighted by Crippen LogP contribution is -2.16. The minimum atomic E-state index is -2.27. The van der Waals surface area contributed by atoms with Gasteiger partial charge >= 0.3 is 5.69 Å². The summed E-state index contributed by atoms with van der Waals surface area (Å²) in [6, 6.07) is 3.24. The van der Waals surface area contributed by atoms with Gasteiger partial charge in [0, 0.05) is 8.58 Å². The van der Waals surface area contributed by atoms with Gasteiger partial charge in [0.2, 0.25) is 0 Å². The number of aromatic nitrogens is 4. The summed E-state index contributed by atoms with van der Waals surface area (Å²) in [6.07, 6.45) is 0. The van der Waals surface area contributed by atoms with Crippen LogP contribution in [0.15, 0.2) is 21.4 Å². The number of nitrogens with one attached hydrogen (secondary N) is 1. The van der Waals surface area contributed by atoms with Crippen molar-refractivity contribution in [2.45, 2.75) is 13.8 Å². The van der Waals surface area contributed by atoms with Crippen molar-refractivity contribution in [3.05, 3.63) is 38.2 Å². The molecule has 0 fully saturated rings. The van der Waals surface area contributed by atoms with Gasteiger partial charge in [-0.05, 0) is 57.3 Å². The number of hydrogen-bond acceptors (Lipinski definition) is 3. The van der Waals surface area contributed by atoms with Gasteiger partial charge in [-0.1, -0.05) is 6.07 Å². The van der Waals surface area contributed by atoms with Crippen molar-refractivity contribution in [1.82, 2.24) is 20.2 Å². The first-order chi connectivity index (χ1) is 8.32. The summed E-state index contributed by atoms with van der Waals surface area (Å²) >= 11 is 3.22. The molecule has 6 heteroatoms. The van der Waals surface area contributed by atoms with E-state index in [1.165, 1.54) is 0 Å². The van der Waals surface area contributed by atoms with E-state index in [4.69, 9.17) is 4.11 Å². The molecule has 1 aromatic heterocycles. The number of aromatic amines is 1. The Balaban J connectivity index is 2.74. The van der Waals surface area contributed by atoms with E-state index in [1.807, 2.05) is 0 Å². The van der Waals surface area contributed by atoms with Gasteiger partial charge in [-0.3, -0.25) is 0 Å². The van der Waals surface area contributed by atoms with Crippen LogP contribution < -0.4 is 5.69 Å². The largest absolute Gasteiger partial charge is 0.365 e. The normalized spacial score (nSPS) is 14.4. The molecule has 0 saturated carbocycles. The summed E-state index contributed by atoms with van der Waals surface area (Å²) in [7, 11) is 0. The molecule has 2 rings (SSSR count). The summed E-state index contributed by atoms with van der Waals surface area (Å²) in [6.45, 7) is -0.575.